The van der Waals surface area contributed by atoms with Crippen molar-refractivity contribution in [2.75, 3.05) is 11.4 Å². The van der Waals surface area contributed by atoms with Crippen molar-refractivity contribution in [3.05, 3.63) is 24.8 Å². The standard InChI is InChI=1S/C11H12N4/c1-8-3-5-15(8)11-9-6-12-7-14-10(9)2-4-13-11/h2,4,6-8H,3,5H2,1H3/t8-/m0/s1. The average Bonchev–Trinajstić information content (AvgIpc) is 2.28. The molecule has 0 radical (unpaired) electrons. The molecule has 76 valence electrons. The molecular weight excluding hydrogens is 188 g/mol. The first-order chi connectivity index (χ1) is 7.36. The minimum absolute atomic E-state index is 0.586. The highest BCUT2D eigenvalue weighted by Crippen LogP contribution is 2.29. The highest BCUT2D eigenvalue weighted by molar-refractivity contribution is 5.88. The molecule has 15 heavy (non-hydrogen) atoms. The third-order valence-corrected chi connectivity index (χ3v) is 3.01. The fraction of sp³-hybridized carbons (Fsp3) is 0.364. The summed E-state index contributed by atoms with van der Waals surface area (Å²) in [5, 5.41) is 1.05. The van der Waals surface area contributed by atoms with Crippen LogP contribution in [0.25, 0.3) is 10.9 Å². The fourth-order valence-corrected chi connectivity index (χ4v) is 1.95. The summed E-state index contributed by atoms with van der Waals surface area (Å²) in [5.41, 5.74) is 0.967. The highest BCUT2D eigenvalue weighted by Gasteiger charge is 2.26. The van der Waals surface area contributed by atoms with Crippen molar-refractivity contribution in [1.29, 1.82) is 0 Å². The van der Waals surface area contributed by atoms with E-state index in [1.54, 1.807) is 6.33 Å². The Morgan fingerprint density at radius 3 is 3.07 bits per heavy atom. The van der Waals surface area contributed by atoms with Crippen LogP contribution in [0.15, 0.2) is 24.8 Å². The summed E-state index contributed by atoms with van der Waals surface area (Å²) in [7, 11) is 0. The number of nitrogens with zero attached hydrogens (tertiary/aromatic N) is 4. The summed E-state index contributed by atoms with van der Waals surface area (Å²) in [6, 6.07) is 2.51. The maximum atomic E-state index is 4.43. The molecule has 1 atom stereocenters. The van der Waals surface area contributed by atoms with E-state index in [0.29, 0.717) is 6.04 Å². The molecule has 0 spiro atoms. The lowest BCUT2D eigenvalue weighted by Crippen LogP contribution is -2.46. The van der Waals surface area contributed by atoms with E-state index < -0.39 is 0 Å². The van der Waals surface area contributed by atoms with E-state index in [1.165, 1.54) is 6.42 Å². The molecule has 0 amide bonds. The van der Waals surface area contributed by atoms with Gasteiger partial charge in [0, 0.05) is 25.0 Å². The van der Waals surface area contributed by atoms with Crippen molar-refractivity contribution in [2.24, 2.45) is 0 Å². The Hall–Kier alpha value is -1.71. The molecule has 1 saturated heterocycles. The van der Waals surface area contributed by atoms with Gasteiger partial charge in [0.2, 0.25) is 0 Å². The number of fused-ring (bicyclic) bond motifs is 1. The lowest BCUT2D eigenvalue weighted by molar-refractivity contribution is 0.478. The van der Waals surface area contributed by atoms with Gasteiger partial charge in [0.1, 0.15) is 12.1 Å². The van der Waals surface area contributed by atoms with E-state index in [-0.39, 0.29) is 0 Å². The monoisotopic (exact) mass is 200 g/mol. The van der Waals surface area contributed by atoms with E-state index in [1.807, 2.05) is 18.5 Å². The second kappa shape index (κ2) is 3.15. The van der Waals surface area contributed by atoms with E-state index in [9.17, 15) is 0 Å². The average molecular weight is 200 g/mol. The van der Waals surface area contributed by atoms with Gasteiger partial charge in [0.05, 0.1) is 10.9 Å². The molecule has 0 aromatic carbocycles. The Morgan fingerprint density at radius 1 is 1.40 bits per heavy atom. The summed E-state index contributed by atoms with van der Waals surface area (Å²) in [5.74, 6) is 1.02. The number of aromatic nitrogens is 3. The number of pyridine rings is 1. The number of hydrogen-bond donors (Lipinski definition) is 0. The quantitative estimate of drug-likeness (QED) is 0.701. The van der Waals surface area contributed by atoms with Crippen LogP contribution in [-0.2, 0) is 0 Å². The van der Waals surface area contributed by atoms with Gasteiger partial charge in [-0.25, -0.2) is 15.0 Å². The first kappa shape index (κ1) is 8.59. The summed E-state index contributed by atoms with van der Waals surface area (Å²) >= 11 is 0. The predicted molar refractivity (Wildman–Crippen MR) is 58.8 cm³/mol. The second-order valence-electron chi connectivity index (χ2n) is 3.92. The van der Waals surface area contributed by atoms with Gasteiger partial charge in [-0.3, -0.25) is 0 Å². The van der Waals surface area contributed by atoms with Crippen LogP contribution < -0.4 is 4.90 Å². The molecular formula is C11H12N4. The molecule has 1 fully saturated rings. The van der Waals surface area contributed by atoms with Crippen LogP contribution in [-0.4, -0.2) is 27.5 Å². The van der Waals surface area contributed by atoms with Crippen molar-refractivity contribution >= 4 is 16.7 Å². The van der Waals surface area contributed by atoms with Crippen LogP contribution in [0, 0.1) is 0 Å². The zero-order chi connectivity index (χ0) is 10.3. The summed E-state index contributed by atoms with van der Waals surface area (Å²) < 4.78 is 0. The van der Waals surface area contributed by atoms with Crippen LogP contribution in [0.1, 0.15) is 13.3 Å². The lowest BCUT2D eigenvalue weighted by atomic mass is 10.0. The molecule has 4 heteroatoms. The van der Waals surface area contributed by atoms with Gasteiger partial charge in [-0.1, -0.05) is 0 Å². The van der Waals surface area contributed by atoms with Gasteiger partial charge in [-0.05, 0) is 19.4 Å². The number of rotatable bonds is 1. The van der Waals surface area contributed by atoms with Crippen molar-refractivity contribution in [3.8, 4) is 0 Å². The van der Waals surface area contributed by atoms with Gasteiger partial charge in [-0.2, -0.15) is 0 Å². The smallest absolute Gasteiger partial charge is 0.139 e. The van der Waals surface area contributed by atoms with Crippen molar-refractivity contribution in [3.63, 3.8) is 0 Å². The Balaban J connectivity index is 2.17. The molecule has 0 bridgehead atoms. The predicted octanol–water partition coefficient (Wildman–Crippen LogP) is 1.62. The zero-order valence-corrected chi connectivity index (χ0v) is 8.59. The molecule has 1 aliphatic rings. The summed E-state index contributed by atoms with van der Waals surface area (Å²) in [6.45, 7) is 3.30. The maximum Gasteiger partial charge on any atom is 0.139 e. The fourth-order valence-electron chi connectivity index (χ4n) is 1.95. The first-order valence-electron chi connectivity index (χ1n) is 5.17. The minimum Gasteiger partial charge on any atom is -0.353 e. The van der Waals surface area contributed by atoms with Crippen molar-refractivity contribution in [1.82, 2.24) is 15.0 Å². The molecule has 3 rings (SSSR count). The normalized spacial score (nSPS) is 20.3. The first-order valence-corrected chi connectivity index (χ1v) is 5.17. The molecule has 2 aromatic rings. The molecule has 2 aromatic heterocycles. The van der Waals surface area contributed by atoms with Crippen LogP contribution in [0.3, 0.4) is 0 Å². The zero-order valence-electron chi connectivity index (χ0n) is 8.59. The van der Waals surface area contributed by atoms with Crippen LogP contribution in [0.4, 0.5) is 5.82 Å². The van der Waals surface area contributed by atoms with E-state index >= 15 is 0 Å². The maximum absolute atomic E-state index is 4.43. The molecule has 0 N–H and O–H groups in total. The number of anilines is 1. The van der Waals surface area contributed by atoms with Gasteiger partial charge in [0.15, 0.2) is 0 Å². The second-order valence-corrected chi connectivity index (χ2v) is 3.92. The van der Waals surface area contributed by atoms with Gasteiger partial charge in [-0.15, -0.1) is 0 Å². The van der Waals surface area contributed by atoms with Crippen molar-refractivity contribution in [2.45, 2.75) is 19.4 Å². The molecule has 0 unspecified atom stereocenters. The van der Waals surface area contributed by atoms with Crippen molar-refractivity contribution < 1.29 is 0 Å². The molecule has 0 saturated carbocycles. The SMILES string of the molecule is C[C@H]1CCN1c1nccc2ncncc12. The van der Waals surface area contributed by atoms with Crippen LogP contribution >= 0.6 is 0 Å². The minimum atomic E-state index is 0.586. The summed E-state index contributed by atoms with van der Waals surface area (Å²) in [6.07, 6.45) is 6.48. The Kier molecular flexibility index (Phi) is 1.80. The molecule has 1 aliphatic heterocycles. The van der Waals surface area contributed by atoms with E-state index in [0.717, 1.165) is 23.3 Å². The van der Waals surface area contributed by atoms with E-state index in [4.69, 9.17) is 0 Å². The lowest BCUT2D eigenvalue weighted by Gasteiger charge is -2.40. The molecule has 3 heterocycles. The summed E-state index contributed by atoms with van der Waals surface area (Å²) in [4.78, 5) is 15.0. The topological polar surface area (TPSA) is 41.9 Å². The van der Waals surface area contributed by atoms with Crippen LogP contribution in [0.2, 0.25) is 0 Å². The Labute approximate surface area is 88.0 Å². The Bertz CT molecular complexity index is 491. The third kappa shape index (κ3) is 1.25. The van der Waals surface area contributed by atoms with Crippen LogP contribution in [0.5, 0.6) is 0 Å². The van der Waals surface area contributed by atoms with E-state index in [2.05, 4.69) is 26.8 Å². The van der Waals surface area contributed by atoms with Gasteiger partial charge >= 0.3 is 0 Å². The number of hydrogen-bond acceptors (Lipinski definition) is 4. The molecule has 4 nitrogen and oxygen atoms in total. The van der Waals surface area contributed by atoms with Gasteiger partial charge < -0.3 is 4.90 Å². The largest absolute Gasteiger partial charge is 0.353 e. The Morgan fingerprint density at radius 2 is 2.33 bits per heavy atom. The van der Waals surface area contributed by atoms with Gasteiger partial charge in [0.25, 0.3) is 0 Å². The third-order valence-electron chi connectivity index (χ3n) is 3.01. The highest BCUT2D eigenvalue weighted by atomic mass is 15.3. The molecule has 0 aliphatic carbocycles.